The molecule has 0 N–H and O–H groups in total. The fourth-order valence-electron chi connectivity index (χ4n) is 3.21. The molecule has 0 aliphatic heterocycles. The van der Waals surface area contributed by atoms with E-state index in [0.29, 0.717) is 0 Å². The molecule has 0 spiro atoms. The summed E-state index contributed by atoms with van der Waals surface area (Å²) >= 11 is -1.90. The predicted molar refractivity (Wildman–Crippen MR) is 107 cm³/mol. The molecule has 0 aromatic heterocycles. The molecule has 1 nitrogen and oxygen atoms in total. The second-order valence-electron chi connectivity index (χ2n) is 6.82. The van der Waals surface area contributed by atoms with Gasteiger partial charge in [-0.3, -0.25) is 0 Å². The summed E-state index contributed by atoms with van der Waals surface area (Å²) in [6, 6.07) is 13.3. The zero-order chi connectivity index (χ0) is 15.7. The smallest absolute Gasteiger partial charge is 0.147 e. The van der Waals surface area contributed by atoms with Crippen molar-refractivity contribution in [3.63, 3.8) is 0 Å². The summed E-state index contributed by atoms with van der Waals surface area (Å²) in [5.41, 5.74) is 2.82. The second-order valence-corrected chi connectivity index (χ2v) is 11.6. The Bertz CT molecular complexity index is 760. The SMILES string of the molecule is C[O][Ti]([c]1c(C2=CC=CC2)ccc2ccccc12)[C](C)(C)C.Cl.Cl. The predicted octanol–water partition coefficient (Wildman–Crippen LogP) is 6.05. The zero-order valence-corrected chi connectivity index (χ0v) is 17.8. The molecule has 129 valence electrons. The Kier molecular flexibility index (Phi) is 7.78. The van der Waals surface area contributed by atoms with E-state index < -0.39 is 18.3 Å². The number of rotatable bonds is 3. The number of benzene rings is 2. The Morgan fingerprint density at radius 2 is 1.71 bits per heavy atom. The second kappa shape index (κ2) is 8.69. The van der Waals surface area contributed by atoms with E-state index in [1.54, 1.807) is 0 Å². The van der Waals surface area contributed by atoms with Gasteiger partial charge in [-0.1, -0.05) is 0 Å². The molecule has 0 fully saturated rings. The fourth-order valence-corrected chi connectivity index (χ4v) is 7.16. The first kappa shape index (κ1) is 21.5. The van der Waals surface area contributed by atoms with E-state index in [9.17, 15) is 0 Å². The van der Waals surface area contributed by atoms with Crippen LogP contribution in [0.2, 0.25) is 3.72 Å². The van der Waals surface area contributed by atoms with Crippen LogP contribution < -0.4 is 3.87 Å². The van der Waals surface area contributed by atoms with Crippen molar-refractivity contribution >= 4 is 45.0 Å². The van der Waals surface area contributed by atoms with Crippen molar-refractivity contribution in [2.24, 2.45) is 0 Å². The molecule has 24 heavy (non-hydrogen) atoms. The molecule has 1 aliphatic carbocycles. The quantitative estimate of drug-likeness (QED) is 0.570. The number of halogens is 2. The van der Waals surface area contributed by atoms with Gasteiger partial charge in [-0.25, -0.2) is 0 Å². The first-order chi connectivity index (χ1) is 10.5. The molecular weight excluding hydrogens is 375 g/mol. The zero-order valence-electron chi connectivity index (χ0n) is 14.6. The monoisotopic (exact) mass is 399 g/mol. The van der Waals surface area contributed by atoms with Crippen molar-refractivity contribution in [3.8, 4) is 0 Å². The average Bonchev–Trinajstić information content (AvgIpc) is 3.01. The molecule has 2 aromatic carbocycles. The van der Waals surface area contributed by atoms with Gasteiger partial charge in [-0.05, 0) is 0 Å². The summed E-state index contributed by atoms with van der Waals surface area (Å²) in [5.74, 6) is 0. The van der Waals surface area contributed by atoms with Crippen molar-refractivity contribution in [3.05, 3.63) is 60.2 Å². The minimum Gasteiger partial charge on any atom is -0.147 e. The molecule has 0 heterocycles. The summed E-state index contributed by atoms with van der Waals surface area (Å²) in [6.07, 6.45) is 7.68. The van der Waals surface area contributed by atoms with E-state index in [2.05, 4.69) is 75.4 Å². The Balaban J connectivity index is 0.00000144. The van der Waals surface area contributed by atoms with Gasteiger partial charge in [0.1, 0.15) is 0 Å². The van der Waals surface area contributed by atoms with Crippen LogP contribution in [0.1, 0.15) is 32.8 Å². The fraction of sp³-hybridized carbons (Fsp3) is 0.300. The Hall–Kier alpha value is -0.566. The first-order valence-corrected chi connectivity index (χ1v) is 10.0. The van der Waals surface area contributed by atoms with E-state index >= 15 is 0 Å². The standard InChI is InChI=1S/C15H11.C4H9.CH3O.2ClH.Ti/c1-2-6-12(5-1)15-10-9-13-7-3-4-8-14(13)11-15;1-4(2)3;1-2;;;/h1-5,7-10H,6H2;1-3H3;1H3;2*1H;/q;;-1;;;+1. The topological polar surface area (TPSA) is 9.23 Å². The molecule has 0 unspecified atom stereocenters. The molecule has 0 saturated heterocycles. The molecule has 0 saturated carbocycles. The maximum Gasteiger partial charge on any atom is -0.147 e. The molecule has 0 radical (unpaired) electrons. The van der Waals surface area contributed by atoms with Gasteiger partial charge >= 0.3 is 140 Å². The molecule has 0 bridgehead atoms. The first-order valence-electron chi connectivity index (χ1n) is 7.82. The van der Waals surface area contributed by atoms with Gasteiger partial charge in [-0.15, -0.1) is 24.8 Å². The summed E-state index contributed by atoms with van der Waals surface area (Å²) in [5, 5.41) is 2.69. The molecule has 4 heteroatoms. The van der Waals surface area contributed by atoms with Gasteiger partial charge in [0.2, 0.25) is 0 Å². The third-order valence-corrected chi connectivity index (χ3v) is 8.47. The Labute approximate surface area is 164 Å². The van der Waals surface area contributed by atoms with Crippen molar-refractivity contribution in [1.82, 2.24) is 0 Å². The molecule has 2 aromatic rings. The summed E-state index contributed by atoms with van der Waals surface area (Å²) in [6.45, 7) is 6.95. The van der Waals surface area contributed by atoms with Crippen molar-refractivity contribution in [2.45, 2.75) is 30.9 Å². The normalized spacial score (nSPS) is 13.2. The summed E-state index contributed by atoms with van der Waals surface area (Å²) in [4.78, 5) is 0. The number of hydrogen-bond donors (Lipinski definition) is 0. The van der Waals surface area contributed by atoms with Crippen molar-refractivity contribution in [2.75, 3.05) is 7.11 Å². The van der Waals surface area contributed by atoms with Gasteiger partial charge in [0.05, 0.1) is 0 Å². The van der Waals surface area contributed by atoms with Crippen LogP contribution in [0.15, 0.2) is 54.6 Å². The minimum atomic E-state index is -1.90. The van der Waals surface area contributed by atoms with Gasteiger partial charge < -0.3 is 0 Å². The van der Waals surface area contributed by atoms with Crippen LogP contribution in [-0.2, 0) is 21.6 Å². The van der Waals surface area contributed by atoms with E-state index in [1.165, 1.54) is 25.8 Å². The van der Waals surface area contributed by atoms with Crippen molar-refractivity contribution in [1.29, 1.82) is 0 Å². The van der Waals surface area contributed by atoms with Crippen LogP contribution in [0.3, 0.4) is 0 Å². The number of fused-ring (bicyclic) bond motifs is 1. The van der Waals surface area contributed by atoms with Crippen LogP contribution in [-0.4, -0.2) is 7.11 Å². The molecule has 1 aliphatic rings. The van der Waals surface area contributed by atoms with Crippen LogP contribution in [0, 0.1) is 0 Å². The molecule has 0 atom stereocenters. The molecule has 3 rings (SSSR count). The van der Waals surface area contributed by atoms with Crippen molar-refractivity contribution < 1.29 is 21.6 Å². The summed E-state index contributed by atoms with van der Waals surface area (Å²) < 4.78 is 7.83. The van der Waals surface area contributed by atoms with Gasteiger partial charge in [0, 0.05) is 0 Å². The van der Waals surface area contributed by atoms with E-state index in [4.69, 9.17) is 3.32 Å². The maximum absolute atomic E-state index is 6.13. The Morgan fingerprint density at radius 1 is 1.00 bits per heavy atom. The van der Waals surface area contributed by atoms with Crippen LogP contribution in [0.5, 0.6) is 0 Å². The third-order valence-electron chi connectivity index (χ3n) is 4.16. The molecular formula is C20H25Cl2OTi. The minimum absolute atomic E-state index is 0. The van der Waals surface area contributed by atoms with Crippen LogP contribution >= 0.6 is 24.8 Å². The van der Waals surface area contributed by atoms with Crippen LogP contribution in [0.25, 0.3) is 16.3 Å². The average molecular weight is 400 g/mol. The Morgan fingerprint density at radius 3 is 2.29 bits per heavy atom. The van der Waals surface area contributed by atoms with E-state index in [-0.39, 0.29) is 28.5 Å². The largest absolute Gasteiger partial charge is 0.147 e. The van der Waals surface area contributed by atoms with E-state index in [0.717, 1.165) is 6.42 Å². The third kappa shape index (κ3) is 4.15. The number of allylic oxidation sites excluding steroid dienone is 4. The van der Waals surface area contributed by atoms with E-state index in [1.807, 2.05) is 7.11 Å². The van der Waals surface area contributed by atoms with Gasteiger partial charge in [-0.2, -0.15) is 0 Å². The van der Waals surface area contributed by atoms with Crippen LogP contribution in [0.4, 0.5) is 0 Å². The maximum atomic E-state index is 6.13. The van der Waals surface area contributed by atoms with Gasteiger partial charge in [0.25, 0.3) is 0 Å². The molecule has 0 amide bonds. The van der Waals surface area contributed by atoms with Gasteiger partial charge in [0.15, 0.2) is 0 Å². The summed E-state index contributed by atoms with van der Waals surface area (Å²) in [7, 11) is 1.90. The number of hydrogen-bond acceptors (Lipinski definition) is 1.